The zero-order chi connectivity index (χ0) is 12.7. The molecule has 1 saturated carbocycles. The molecule has 1 heterocycles. The molecule has 92 valence electrons. The topological polar surface area (TPSA) is 82.1 Å². The number of benzene rings is 1. The lowest BCUT2D eigenvalue weighted by molar-refractivity contribution is -0.385. The van der Waals surface area contributed by atoms with Crippen LogP contribution in [0.1, 0.15) is 30.2 Å². The van der Waals surface area contributed by atoms with E-state index in [4.69, 9.17) is 4.52 Å². The second kappa shape index (κ2) is 3.90. The first-order valence-corrected chi connectivity index (χ1v) is 5.74. The largest absolute Gasteiger partial charge is 0.339 e. The van der Waals surface area contributed by atoms with Gasteiger partial charge in [-0.2, -0.15) is 4.98 Å². The van der Waals surface area contributed by atoms with E-state index in [9.17, 15) is 10.1 Å². The monoisotopic (exact) mass is 245 g/mol. The van der Waals surface area contributed by atoms with Crippen molar-refractivity contribution in [3.63, 3.8) is 0 Å². The number of aromatic nitrogens is 2. The van der Waals surface area contributed by atoms with Crippen LogP contribution in [-0.4, -0.2) is 15.1 Å². The summed E-state index contributed by atoms with van der Waals surface area (Å²) in [7, 11) is 0. The van der Waals surface area contributed by atoms with Crippen LogP contribution in [0.5, 0.6) is 0 Å². The molecule has 1 aliphatic carbocycles. The maximum Gasteiger partial charge on any atom is 0.273 e. The van der Waals surface area contributed by atoms with Gasteiger partial charge in [-0.15, -0.1) is 0 Å². The third-order valence-electron chi connectivity index (χ3n) is 3.03. The lowest BCUT2D eigenvalue weighted by Crippen LogP contribution is -1.92. The third-order valence-corrected chi connectivity index (χ3v) is 3.03. The zero-order valence-corrected chi connectivity index (χ0v) is 9.79. The van der Waals surface area contributed by atoms with Crippen LogP contribution in [0.25, 0.3) is 11.4 Å². The highest BCUT2D eigenvalue weighted by atomic mass is 16.6. The van der Waals surface area contributed by atoms with Crippen molar-refractivity contribution in [3.05, 3.63) is 39.8 Å². The lowest BCUT2D eigenvalue weighted by atomic mass is 10.1. The Morgan fingerprint density at radius 3 is 2.89 bits per heavy atom. The van der Waals surface area contributed by atoms with Gasteiger partial charge >= 0.3 is 0 Å². The highest BCUT2D eigenvalue weighted by molar-refractivity contribution is 5.60. The second-order valence-electron chi connectivity index (χ2n) is 4.49. The average Bonchev–Trinajstić information content (AvgIpc) is 3.08. The molecule has 1 aromatic carbocycles. The van der Waals surface area contributed by atoms with E-state index in [2.05, 4.69) is 10.1 Å². The summed E-state index contributed by atoms with van der Waals surface area (Å²) in [5.41, 5.74) is 1.31. The summed E-state index contributed by atoms with van der Waals surface area (Å²) in [4.78, 5) is 14.7. The molecule has 0 unspecified atom stereocenters. The van der Waals surface area contributed by atoms with E-state index in [-0.39, 0.29) is 5.69 Å². The number of aryl methyl sites for hydroxylation is 1. The first kappa shape index (κ1) is 10.9. The van der Waals surface area contributed by atoms with Crippen molar-refractivity contribution in [2.45, 2.75) is 25.7 Å². The van der Waals surface area contributed by atoms with Crippen molar-refractivity contribution in [1.82, 2.24) is 10.1 Å². The number of nitro benzene ring substituents is 1. The van der Waals surface area contributed by atoms with E-state index in [0.717, 1.165) is 12.8 Å². The van der Waals surface area contributed by atoms with Gasteiger partial charge in [0, 0.05) is 23.1 Å². The summed E-state index contributed by atoms with van der Waals surface area (Å²) in [5, 5.41) is 14.7. The maximum absolute atomic E-state index is 10.9. The molecule has 0 aliphatic heterocycles. The Bertz CT molecular complexity index is 617. The molecule has 6 heteroatoms. The first-order chi connectivity index (χ1) is 8.65. The van der Waals surface area contributed by atoms with E-state index in [1.807, 2.05) is 0 Å². The van der Waals surface area contributed by atoms with Crippen LogP contribution in [0.2, 0.25) is 0 Å². The first-order valence-electron chi connectivity index (χ1n) is 5.74. The summed E-state index contributed by atoms with van der Waals surface area (Å²) in [6, 6.07) is 4.95. The second-order valence-corrected chi connectivity index (χ2v) is 4.49. The quantitative estimate of drug-likeness (QED) is 0.613. The van der Waals surface area contributed by atoms with E-state index in [1.165, 1.54) is 6.07 Å². The molecule has 0 amide bonds. The van der Waals surface area contributed by atoms with E-state index in [0.29, 0.717) is 28.8 Å². The van der Waals surface area contributed by atoms with Crippen molar-refractivity contribution < 1.29 is 9.45 Å². The molecule has 0 bridgehead atoms. The smallest absolute Gasteiger partial charge is 0.273 e. The Hall–Kier alpha value is -2.24. The Morgan fingerprint density at radius 2 is 2.22 bits per heavy atom. The number of hydrogen-bond acceptors (Lipinski definition) is 5. The number of rotatable bonds is 3. The Kier molecular flexibility index (Phi) is 2.36. The van der Waals surface area contributed by atoms with Gasteiger partial charge < -0.3 is 4.52 Å². The molecular weight excluding hydrogens is 234 g/mol. The summed E-state index contributed by atoms with van der Waals surface area (Å²) in [6.07, 6.45) is 2.16. The van der Waals surface area contributed by atoms with Crippen molar-refractivity contribution >= 4 is 5.69 Å². The van der Waals surface area contributed by atoms with Crippen LogP contribution in [0, 0.1) is 17.0 Å². The van der Waals surface area contributed by atoms with E-state index < -0.39 is 4.92 Å². The van der Waals surface area contributed by atoms with Gasteiger partial charge in [0.2, 0.25) is 11.7 Å². The molecule has 2 aromatic rings. The van der Waals surface area contributed by atoms with Gasteiger partial charge in [0.05, 0.1) is 4.92 Å². The maximum atomic E-state index is 10.9. The Morgan fingerprint density at radius 1 is 1.44 bits per heavy atom. The van der Waals surface area contributed by atoms with Gasteiger partial charge in [-0.1, -0.05) is 17.3 Å². The van der Waals surface area contributed by atoms with Gasteiger partial charge in [-0.25, -0.2) is 0 Å². The average molecular weight is 245 g/mol. The third kappa shape index (κ3) is 1.85. The summed E-state index contributed by atoms with van der Waals surface area (Å²) in [6.45, 7) is 1.70. The minimum absolute atomic E-state index is 0.0743. The Balaban J connectivity index is 1.99. The van der Waals surface area contributed by atoms with Gasteiger partial charge in [0.1, 0.15) is 0 Å². The summed E-state index contributed by atoms with van der Waals surface area (Å²) < 4.78 is 5.14. The number of nitrogens with zero attached hydrogens (tertiary/aromatic N) is 3. The SMILES string of the molecule is Cc1ccc(-c2noc(C3CC3)n2)cc1[N+](=O)[O-]. The van der Waals surface area contributed by atoms with Gasteiger partial charge in [0.25, 0.3) is 5.69 Å². The Labute approximate surface area is 103 Å². The fourth-order valence-corrected chi connectivity index (χ4v) is 1.79. The molecule has 1 aromatic heterocycles. The molecule has 3 rings (SSSR count). The normalized spacial score (nSPS) is 14.7. The van der Waals surface area contributed by atoms with Crippen LogP contribution in [0.3, 0.4) is 0 Å². The predicted molar refractivity (Wildman–Crippen MR) is 63.1 cm³/mol. The number of hydrogen-bond donors (Lipinski definition) is 0. The summed E-state index contributed by atoms with van der Waals surface area (Å²) in [5.74, 6) is 1.43. The number of nitro groups is 1. The van der Waals surface area contributed by atoms with Crippen LogP contribution in [-0.2, 0) is 0 Å². The minimum Gasteiger partial charge on any atom is -0.339 e. The molecule has 1 aliphatic rings. The standard InChI is InChI=1S/C12H11N3O3/c1-7-2-3-9(6-10(7)15(16)17)11-13-12(18-14-11)8-4-5-8/h2-3,6,8H,4-5H2,1H3. The van der Waals surface area contributed by atoms with Crippen molar-refractivity contribution in [1.29, 1.82) is 0 Å². The fraction of sp³-hybridized carbons (Fsp3) is 0.333. The van der Waals surface area contributed by atoms with Crippen LogP contribution in [0.4, 0.5) is 5.69 Å². The van der Waals surface area contributed by atoms with Gasteiger partial charge in [-0.3, -0.25) is 10.1 Å². The molecule has 0 N–H and O–H groups in total. The zero-order valence-electron chi connectivity index (χ0n) is 9.79. The lowest BCUT2D eigenvalue weighted by Gasteiger charge is -1.98. The minimum atomic E-state index is -0.402. The van der Waals surface area contributed by atoms with Crippen LogP contribution in [0.15, 0.2) is 22.7 Å². The molecule has 1 fully saturated rings. The van der Waals surface area contributed by atoms with Crippen LogP contribution < -0.4 is 0 Å². The van der Waals surface area contributed by atoms with Crippen molar-refractivity contribution in [2.75, 3.05) is 0 Å². The predicted octanol–water partition coefficient (Wildman–Crippen LogP) is 2.83. The molecule has 18 heavy (non-hydrogen) atoms. The van der Waals surface area contributed by atoms with Crippen molar-refractivity contribution in [2.24, 2.45) is 0 Å². The summed E-state index contributed by atoms with van der Waals surface area (Å²) >= 11 is 0. The molecule has 0 saturated heterocycles. The fourth-order valence-electron chi connectivity index (χ4n) is 1.79. The molecule has 0 spiro atoms. The molecule has 6 nitrogen and oxygen atoms in total. The van der Waals surface area contributed by atoms with Gasteiger partial charge in [-0.05, 0) is 19.8 Å². The van der Waals surface area contributed by atoms with Gasteiger partial charge in [0.15, 0.2) is 0 Å². The molecular formula is C12H11N3O3. The van der Waals surface area contributed by atoms with Crippen LogP contribution >= 0.6 is 0 Å². The molecule has 0 radical (unpaired) electrons. The highest BCUT2D eigenvalue weighted by Crippen LogP contribution is 2.39. The van der Waals surface area contributed by atoms with E-state index >= 15 is 0 Å². The molecule has 0 atom stereocenters. The van der Waals surface area contributed by atoms with E-state index in [1.54, 1.807) is 19.1 Å². The van der Waals surface area contributed by atoms with Crippen molar-refractivity contribution in [3.8, 4) is 11.4 Å². The highest BCUT2D eigenvalue weighted by Gasteiger charge is 2.30.